The van der Waals surface area contributed by atoms with Gasteiger partial charge < -0.3 is 15.3 Å². The molecule has 2 N–H and O–H groups in total. The molecule has 5 nitrogen and oxygen atoms in total. The summed E-state index contributed by atoms with van der Waals surface area (Å²) >= 11 is 0. The number of urea groups is 1. The fourth-order valence-electron chi connectivity index (χ4n) is 4.29. The standard InChI is InChI=1S/C16H26N2O3/c19-15(20)10-12-8-13-4-5-14(9-12)18(13)16(21)17-7-6-11-2-1-3-11/h11-14H,1-10H2,(H,17,21)(H,19,20). The third-order valence-corrected chi connectivity index (χ3v) is 5.58. The Labute approximate surface area is 126 Å². The average molecular weight is 294 g/mol. The lowest BCUT2D eigenvalue weighted by Gasteiger charge is -2.38. The highest BCUT2D eigenvalue weighted by Gasteiger charge is 2.43. The summed E-state index contributed by atoms with van der Waals surface area (Å²) in [6.07, 6.45) is 9.15. The van der Waals surface area contributed by atoms with Gasteiger partial charge >= 0.3 is 12.0 Å². The molecule has 2 atom stereocenters. The molecule has 2 saturated heterocycles. The molecule has 21 heavy (non-hydrogen) atoms. The van der Waals surface area contributed by atoms with Crippen molar-refractivity contribution in [1.29, 1.82) is 0 Å². The van der Waals surface area contributed by atoms with Gasteiger partial charge in [0, 0.05) is 25.0 Å². The fraction of sp³-hybridized carbons (Fsp3) is 0.875. The maximum absolute atomic E-state index is 12.4. The Morgan fingerprint density at radius 1 is 1.05 bits per heavy atom. The molecule has 1 aliphatic carbocycles. The average Bonchev–Trinajstić information content (AvgIpc) is 2.63. The van der Waals surface area contributed by atoms with Crippen molar-refractivity contribution in [2.24, 2.45) is 11.8 Å². The van der Waals surface area contributed by atoms with Crippen LogP contribution in [0.15, 0.2) is 0 Å². The molecule has 0 radical (unpaired) electrons. The summed E-state index contributed by atoms with van der Waals surface area (Å²) in [7, 11) is 0. The Morgan fingerprint density at radius 3 is 2.24 bits per heavy atom. The topological polar surface area (TPSA) is 69.6 Å². The minimum absolute atomic E-state index is 0.0793. The lowest BCUT2D eigenvalue weighted by Crippen LogP contribution is -2.51. The van der Waals surface area contributed by atoms with Gasteiger partial charge in [0.1, 0.15) is 0 Å². The van der Waals surface area contributed by atoms with Crippen LogP contribution < -0.4 is 5.32 Å². The van der Waals surface area contributed by atoms with Gasteiger partial charge in [0.25, 0.3) is 0 Å². The van der Waals surface area contributed by atoms with Crippen molar-refractivity contribution >= 4 is 12.0 Å². The van der Waals surface area contributed by atoms with Crippen molar-refractivity contribution in [1.82, 2.24) is 10.2 Å². The number of hydrogen-bond acceptors (Lipinski definition) is 2. The van der Waals surface area contributed by atoms with Crippen LogP contribution >= 0.6 is 0 Å². The van der Waals surface area contributed by atoms with Gasteiger partial charge in [0.2, 0.25) is 0 Å². The molecular weight excluding hydrogens is 268 g/mol. The second-order valence-electron chi connectivity index (χ2n) is 7.05. The fourth-order valence-corrected chi connectivity index (χ4v) is 4.29. The van der Waals surface area contributed by atoms with Gasteiger partial charge in [-0.1, -0.05) is 19.3 Å². The van der Waals surface area contributed by atoms with Crippen LogP contribution in [-0.2, 0) is 4.79 Å². The highest BCUT2D eigenvalue weighted by Crippen LogP contribution is 2.39. The summed E-state index contributed by atoms with van der Waals surface area (Å²) in [6.45, 7) is 0.790. The number of rotatable bonds is 5. The predicted octanol–water partition coefficient (Wildman–Crippen LogP) is 2.60. The van der Waals surface area contributed by atoms with Crippen molar-refractivity contribution < 1.29 is 14.7 Å². The first kappa shape index (κ1) is 14.7. The Kier molecular flexibility index (Phi) is 4.36. The molecule has 3 rings (SSSR count). The van der Waals surface area contributed by atoms with Crippen molar-refractivity contribution in [2.75, 3.05) is 6.54 Å². The molecule has 2 heterocycles. The van der Waals surface area contributed by atoms with Gasteiger partial charge in [-0.25, -0.2) is 4.79 Å². The summed E-state index contributed by atoms with van der Waals surface area (Å²) in [5.74, 6) is 0.361. The molecule has 0 aromatic rings. The number of nitrogens with one attached hydrogen (secondary N) is 1. The van der Waals surface area contributed by atoms with Crippen LogP contribution in [0.5, 0.6) is 0 Å². The molecule has 0 spiro atoms. The van der Waals surface area contributed by atoms with E-state index >= 15 is 0 Å². The van der Waals surface area contributed by atoms with Gasteiger partial charge in [0.05, 0.1) is 0 Å². The van der Waals surface area contributed by atoms with Crippen LogP contribution in [0.4, 0.5) is 4.79 Å². The largest absolute Gasteiger partial charge is 0.481 e. The summed E-state index contributed by atoms with van der Waals surface area (Å²) in [4.78, 5) is 25.3. The molecule has 5 heteroatoms. The smallest absolute Gasteiger partial charge is 0.317 e. The van der Waals surface area contributed by atoms with E-state index < -0.39 is 5.97 Å². The first-order valence-corrected chi connectivity index (χ1v) is 8.41. The third kappa shape index (κ3) is 3.33. The van der Waals surface area contributed by atoms with E-state index in [2.05, 4.69) is 5.32 Å². The quantitative estimate of drug-likeness (QED) is 0.819. The molecule has 3 aliphatic rings. The molecule has 2 bridgehead atoms. The van der Waals surface area contributed by atoms with E-state index in [4.69, 9.17) is 5.11 Å². The first-order valence-electron chi connectivity index (χ1n) is 8.41. The van der Waals surface area contributed by atoms with E-state index in [9.17, 15) is 9.59 Å². The number of amides is 2. The number of fused-ring (bicyclic) bond motifs is 2. The summed E-state index contributed by atoms with van der Waals surface area (Å²) in [5, 5.41) is 12.0. The van der Waals surface area contributed by atoms with Gasteiger partial charge in [-0.3, -0.25) is 4.79 Å². The van der Waals surface area contributed by atoms with Crippen LogP contribution in [-0.4, -0.2) is 40.6 Å². The highest BCUT2D eigenvalue weighted by molar-refractivity contribution is 5.75. The zero-order valence-electron chi connectivity index (χ0n) is 12.6. The Balaban J connectivity index is 1.47. The molecule has 118 valence electrons. The van der Waals surface area contributed by atoms with Crippen molar-refractivity contribution in [3.63, 3.8) is 0 Å². The summed E-state index contributed by atoms with van der Waals surface area (Å²) in [5.41, 5.74) is 0. The molecular formula is C16H26N2O3. The number of carbonyl (C=O) groups is 2. The van der Waals surface area contributed by atoms with Crippen LogP contribution in [0.2, 0.25) is 0 Å². The molecule has 1 saturated carbocycles. The van der Waals surface area contributed by atoms with Gasteiger partial charge in [-0.2, -0.15) is 0 Å². The van der Waals surface area contributed by atoms with Gasteiger partial charge in [-0.15, -0.1) is 0 Å². The number of hydrogen-bond donors (Lipinski definition) is 2. The minimum atomic E-state index is -0.710. The second-order valence-corrected chi connectivity index (χ2v) is 7.05. The van der Waals surface area contributed by atoms with E-state index in [1.807, 2.05) is 4.90 Å². The number of piperidine rings is 1. The SMILES string of the molecule is O=C(O)CC1CC2CCC(C1)N2C(=O)NCCC1CCC1. The van der Waals surface area contributed by atoms with Crippen LogP contribution in [0.25, 0.3) is 0 Å². The van der Waals surface area contributed by atoms with E-state index in [-0.39, 0.29) is 30.5 Å². The molecule has 2 aliphatic heterocycles. The van der Waals surface area contributed by atoms with Crippen LogP contribution in [0.3, 0.4) is 0 Å². The zero-order valence-corrected chi connectivity index (χ0v) is 12.6. The first-order chi connectivity index (χ1) is 10.1. The van der Waals surface area contributed by atoms with E-state index in [1.165, 1.54) is 19.3 Å². The van der Waals surface area contributed by atoms with Crippen LogP contribution in [0, 0.1) is 11.8 Å². The second kappa shape index (κ2) is 6.24. The Morgan fingerprint density at radius 2 is 1.71 bits per heavy atom. The summed E-state index contributed by atoms with van der Waals surface area (Å²) in [6, 6.07) is 0.601. The number of nitrogens with zero attached hydrogens (tertiary/aromatic N) is 1. The molecule has 3 fully saturated rings. The minimum Gasteiger partial charge on any atom is -0.481 e. The van der Waals surface area contributed by atoms with Gasteiger partial charge in [0.15, 0.2) is 0 Å². The molecule has 0 aromatic heterocycles. The van der Waals surface area contributed by atoms with Crippen molar-refractivity contribution in [2.45, 2.75) is 69.9 Å². The number of aliphatic carboxylic acids is 1. The normalized spacial score (nSPS) is 31.8. The van der Waals surface area contributed by atoms with E-state index in [1.54, 1.807) is 0 Å². The molecule has 2 amide bonds. The third-order valence-electron chi connectivity index (χ3n) is 5.58. The Bertz CT molecular complexity index is 394. The predicted molar refractivity (Wildman–Crippen MR) is 79.0 cm³/mol. The van der Waals surface area contributed by atoms with Crippen LogP contribution in [0.1, 0.15) is 57.8 Å². The maximum atomic E-state index is 12.4. The lowest BCUT2D eigenvalue weighted by molar-refractivity contribution is -0.138. The number of carbonyl (C=O) groups excluding carboxylic acids is 1. The van der Waals surface area contributed by atoms with Crippen molar-refractivity contribution in [3.05, 3.63) is 0 Å². The summed E-state index contributed by atoms with van der Waals surface area (Å²) < 4.78 is 0. The van der Waals surface area contributed by atoms with Gasteiger partial charge in [-0.05, 0) is 43.9 Å². The zero-order chi connectivity index (χ0) is 14.8. The Hall–Kier alpha value is -1.26. The highest BCUT2D eigenvalue weighted by atomic mass is 16.4. The maximum Gasteiger partial charge on any atom is 0.317 e. The lowest BCUT2D eigenvalue weighted by atomic mass is 9.83. The van der Waals surface area contributed by atoms with E-state index in [0.29, 0.717) is 0 Å². The van der Waals surface area contributed by atoms with E-state index in [0.717, 1.165) is 44.6 Å². The number of carboxylic acid groups (broad SMARTS) is 1. The monoisotopic (exact) mass is 294 g/mol. The van der Waals surface area contributed by atoms with Crippen molar-refractivity contribution in [3.8, 4) is 0 Å². The molecule has 0 aromatic carbocycles. The number of carboxylic acids is 1. The molecule has 2 unspecified atom stereocenters.